The van der Waals surface area contributed by atoms with E-state index in [1.165, 1.54) is 12.1 Å². The molecule has 0 aliphatic rings. The van der Waals surface area contributed by atoms with Crippen molar-refractivity contribution in [2.45, 2.75) is 27.4 Å². The summed E-state index contributed by atoms with van der Waals surface area (Å²) in [5.74, 6) is -0.792. The highest BCUT2D eigenvalue weighted by molar-refractivity contribution is 6.33. The first-order chi connectivity index (χ1) is 12.3. The number of ether oxygens (including phenoxy) is 1. The molecule has 26 heavy (non-hydrogen) atoms. The van der Waals surface area contributed by atoms with E-state index in [1.807, 2.05) is 18.9 Å². The first-order valence-corrected chi connectivity index (χ1v) is 8.66. The van der Waals surface area contributed by atoms with Crippen LogP contribution >= 0.6 is 11.6 Å². The van der Waals surface area contributed by atoms with Crippen molar-refractivity contribution >= 4 is 29.6 Å². The summed E-state index contributed by atoms with van der Waals surface area (Å²) in [7, 11) is 1.91. The van der Waals surface area contributed by atoms with Gasteiger partial charge in [-0.2, -0.15) is 0 Å². The Labute approximate surface area is 158 Å². The van der Waals surface area contributed by atoms with Crippen molar-refractivity contribution in [1.82, 2.24) is 4.90 Å². The Bertz CT molecular complexity index is 837. The largest absolute Gasteiger partial charge is 0.457 e. The number of nitrogens with zero attached hydrogens (tertiary/aromatic N) is 2. The van der Waals surface area contributed by atoms with E-state index in [4.69, 9.17) is 16.3 Å². The summed E-state index contributed by atoms with van der Waals surface area (Å²) in [6.07, 6.45) is 1.69. The Kier molecular flexibility index (Phi) is 6.75. The summed E-state index contributed by atoms with van der Waals surface area (Å²) in [6, 6.07) is 7.68. The third kappa shape index (κ3) is 5.05. The van der Waals surface area contributed by atoms with Crippen LogP contribution < -0.4 is 0 Å². The van der Waals surface area contributed by atoms with Gasteiger partial charge in [0.2, 0.25) is 0 Å². The first-order valence-electron chi connectivity index (χ1n) is 8.28. The van der Waals surface area contributed by atoms with E-state index in [9.17, 15) is 9.18 Å². The number of aryl methyl sites for hydroxylation is 2. The van der Waals surface area contributed by atoms with Gasteiger partial charge in [0.25, 0.3) is 0 Å². The van der Waals surface area contributed by atoms with E-state index >= 15 is 0 Å². The first kappa shape index (κ1) is 19.9. The number of rotatable bonds is 6. The molecule has 2 aromatic carbocycles. The maximum Gasteiger partial charge on any atom is 0.338 e. The molecule has 2 rings (SSSR count). The summed E-state index contributed by atoms with van der Waals surface area (Å²) in [6.45, 7) is 6.49. The van der Waals surface area contributed by atoms with Crippen molar-refractivity contribution in [3.63, 3.8) is 0 Å². The van der Waals surface area contributed by atoms with Crippen LogP contribution in [0.5, 0.6) is 0 Å². The molecule has 0 aliphatic carbocycles. The van der Waals surface area contributed by atoms with Crippen LogP contribution in [-0.2, 0) is 11.3 Å². The number of carbonyl (C=O) groups is 1. The van der Waals surface area contributed by atoms with Crippen LogP contribution in [0, 0.1) is 19.7 Å². The molecule has 0 aromatic heterocycles. The molecule has 0 aliphatic heterocycles. The van der Waals surface area contributed by atoms with Crippen LogP contribution in [0.3, 0.4) is 0 Å². The normalized spacial score (nSPS) is 11.0. The number of hydrogen-bond acceptors (Lipinski definition) is 3. The van der Waals surface area contributed by atoms with E-state index in [2.05, 4.69) is 4.99 Å². The fourth-order valence-corrected chi connectivity index (χ4v) is 2.48. The van der Waals surface area contributed by atoms with E-state index in [0.717, 1.165) is 23.2 Å². The second kappa shape index (κ2) is 8.81. The quantitative estimate of drug-likeness (QED) is 0.402. The van der Waals surface area contributed by atoms with Gasteiger partial charge in [-0.3, -0.25) is 0 Å². The molecule has 0 spiro atoms. The van der Waals surface area contributed by atoms with Gasteiger partial charge >= 0.3 is 5.97 Å². The van der Waals surface area contributed by atoms with Crippen LogP contribution in [0.1, 0.15) is 34.0 Å². The molecule has 0 radical (unpaired) electrons. The standard InChI is InChI=1S/C20H22ClFN2O2/c1-5-24(4)12-23-19-9-14(3)17(10-18(19)21)20(25)26-11-15-6-7-16(22)8-13(15)2/h6-10,12H,5,11H2,1-4H3. The van der Waals surface area contributed by atoms with Gasteiger partial charge < -0.3 is 9.64 Å². The fraction of sp³-hybridized carbons (Fsp3) is 0.300. The molecular weight excluding hydrogens is 355 g/mol. The maximum atomic E-state index is 13.1. The Morgan fingerprint density at radius 2 is 2.00 bits per heavy atom. The molecule has 0 bridgehead atoms. The van der Waals surface area contributed by atoms with Crippen LogP contribution in [0.25, 0.3) is 0 Å². The zero-order chi connectivity index (χ0) is 19.3. The summed E-state index contributed by atoms with van der Waals surface area (Å²) in [5.41, 5.74) is 3.19. The molecule has 0 saturated carbocycles. The Morgan fingerprint density at radius 1 is 1.27 bits per heavy atom. The van der Waals surface area contributed by atoms with Crippen LogP contribution in [-0.4, -0.2) is 30.8 Å². The number of aliphatic imine (C=N–C) groups is 1. The topological polar surface area (TPSA) is 41.9 Å². The van der Waals surface area contributed by atoms with Crippen molar-refractivity contribution in [3.8, 4) is 0 Å². The lowest BCUT2D eigenvalue weighted by atomic mass is 10.1. The van der Waals surface area contributed by atoms with Crippen molar-refractivity contribution < 1.29 is 13.9 Å². The third-order valence-electron chi connectivity index (χ3n) is 4.07. The van der Waals surface area contributed by atoms with Gasteiger partial charge in [0, 0.05) is 13.6 Å². The number of carbonyl (C=O) groups excluding carboxylic acids is 1. The molecule has 0 N–H and O–H groups in total. The number of esters is 1. The van der Waals surface area contributed by atoms with Gasteiger partial charge in [-0.05, 0) is 61.7 Å². The molecule has 0 saturated heterocycles. The second-order valence-corrected chi connectivity index (χ2v) is 6.49. The minimum Gasteiger partial charge on any atom is -0.457 e. The Hall–Kier alpha value is -2.40. The van der Waals surface area contributed by atoms with E-state index in [1.54, 1.807) is 38.4 Å². The second-order valence-electron chi connectivity index (χ2n) is 6.08. The van der Waals surface area contributed by atoms with Crippen molar-refractivity contribution in [3.05, 3.63) is 63.4 Å². The predicted octanol–water partition coefficient (Wildman–Crippen LogP) is 5.06. The van der Waals surface area contributed by atoms with Gasteiger partial charge in [0.05, 0.1) is 22.6 Å². The van der Waals surface area contributed by atoms with E-state index in [-0.39, 0.29) is 12.4 Å². The monoisotopic (exact) mass is 376 g/mol. The van der Waals surface area contributed by atoms with Crippen LogP contribution in [0.2, 0.25) is 5.02 Å². The minimum atomic E-state index is -0.477. The lowest BCUT2D eigenvalue weighted by molar-refractivity contribution is 0.0471. The average Bonchev–Trinajstić information content (AvgIpc) is 2.60. The molecule has 6 heteroatoms. The van der Waals surface area contributed by atoms with Gasteiger partial charge in [-0.15, -0.1) is 0 Å². The Morgan fingerprint density at radius 3 is 2.65 bits per heavy atom. The van der Waals surface area contributed by atoms with Gasteiger partial charge in [-0.1, -0.05) is 17.7 Å². The Balaban J connectivity index is 2.13. The van der Waals surface area contributed by atoms with E-state index in [0.29, 0.717) is 16.3 Å². The highest BCUT2D eigenvalue weighted by Crippen LogP contribution is 2.29. The summed E-state index contributed by atoms with van der Waals surface area (Å²) in [5, 5.41) is 0.376. The number of benzene rings is 2. The zero-order valence-electron chi connectivity index (χ0n) is 15.3. The van der Waals surface area contributed by atoms with Crippen molar-refractivity contribution in [2.24, 2.45) is 4.99 Å². The number of halogens is 2. The lowest BCUT2D eigenvalue weighted by Crippen LogP contribution is -2.14. The van der Waals surface area contributed by atoms with Gasteiger partial charge in [0.1, 0.15) is 12.4 Å². The molecule has 4 nitrogen and oxygen atoms in total. The summed E-state index contributed by atoms with van der Waals surface area (Å²) in [4.78, 5) is 18.6. The summed E-state index contributed by atoms with van der Waals surface area (Å²) < 4.78 is 18.5. The smallest absolute Gasteiger partial charge is 0.338 e. The lowest BCUT2D eigenvalue weighted by Gasteiger charge is -2.12. The molecular formula is C20H22ClFN2O2. The predicted molar refractivity (Wildman–Crippen MR) is 103 cm³/mol. The van der Waals surface area contributed by atoms with Gasteiger partial charge in [0.15, 0.2) is 0 Å². The van der Waals surface area contributed by atoms with Crippen LogP contribution in [0.15, 0.2) is 35.3 Å². The van der Waals surface area contributed by atoms with Gasteiger partial charge in [-0.25, -0.2) is 14.2 Å². The highest BCUT2D eigenvalue weighted by Gasteiger charge is 2.14. The molecule has 0 unspecified atom stereocenters. The van der Waals surface area contributed by atoms with E-state index < -0.39 is 5.97 Å². The molecule has 0 heterocycles. The molecule has 0 amide bonds. The minimum absolute atomic E-state index is 0.0726. The van der Waals surface area contributed by atoms with Crippen LogP contribution in [0.4, 0.5) is 10.1 Å². The molecule has 2 aromatic rings. The molecule has 138 valence electrons. The summed E-state index contributed by atoms with van der Waals surface area (Å²) >= 11 is 6.25. The van der Waals surface area contributed by atoms with Crippen molar-refractivity contribution in [2.75, 3.05) is 13.6 Å². The SMILES string of the molecule is CCN(C)C=Nc1cc(C)c(C(=O)OCc2ccc(F)cc2C)cc1Cl. The third-order valence-corrected chi connectivity index (χ3v) is 4.37. The maximum absolute atomic E-state index is 13.1. The fourth-order valence-electron chi connectivity index (χ4n) is 2.27. The molecule has 0 atom stereocenters. The highest BCUT2D eigenvalue weighted by atomic mass is 35.5. The molecule has 0 fully saturated rings. The average molecular weight is 377 g/mol. The number of hydrogen-bond donors (Lipinski definition) is 0. The zero-order valence-corrected chi connectivity index (χ0v) is 16.1. The van der Waals surface area contributed by atoms with Crippen molar-refractivity contribution in [1.29, 1.82) is 0 Å².